The summed E-state index contributed by atoms with van der Waals surface area (Å²) in [6.07, 6.45) is 1.77. The lowest BCUT2D eigenvalue weighted by atomic mass is 10.2. The Labute approximate surface area is 97.6 Å². The summed E-state index contributed by atoms with van der Waals surface area (Å²) < 4.78 is 1.59. The molecular formula is C11H13N3O3. The van der Waals surface area contributed by atoms with Crippen molar-refractivity contribution in [1.29, 1.82) is 0 Å². The summed E-state index contributed by atoms with van der Waals surface area (Å²) in [5, 5.41) is 25.2. The van der Waals surface area contributed by atoms with Gasteiger partial charge in [-0.15, -0.1) is 0 Å². The zero-order valence-corrected chi connectivity index (χ0v) is 9.41. The molecule has 6 heteroatoms. The summed E-state index contributed by atoms with van der Waals surface area (Å²) >= 11 is 0. The molecule has 0 aliphatic rings. The zero-order valence-electron chi connectivity index (χ0n) is 9.41. The summed E-state index contributed by atoms with van der Waals surface area (Å²) in [5.41, 5.74) is 0.705. The summed E-state index contributed by atoms with van der Waals surface area (Å²) in [7, 11) is 0. The second-order valence-electron chi connectivity index (χ2n) is 3.89. The maximum absolute atomic E-state index is 10.7. The number of nitro benzene ring substituents is 1. The van der Waals surface area contributed by atoms with E-state index in [-0.39, 0.29) is 5.69 Å². The first-order chi connectivity index (χ1) is 8.11. The molecule has 0 spiro atoms. The van der Waals surface area contributed by atoms with Crippen LogP contribution in [0.15, 0.2) is 24.4 Å². The average molecular weight is 235 g/mol. The maximum Gasteiger partial charge on any atom is 0.271 e. The monoisotopic (exact) mass is 235 g/mol. The molecule has 2 aromatic rings. The van der Waals surface area contributed by atoms with Gasteiger partial charge >= 0.3 is 0 Å². The van der Waals surface area contributed by atoms with Gasteiger partial charge in [0.05, 0.1) is 29.3 Å². The molecule has 0 amide bonds. The van der Waals surface area contributed by atoms with Gasteiger partial charge in [-0.3, -0.25) is 14.8 Å². The van der Waals surface area contributed by atoms with E-state index in [9.17, 15) is 15.2 Å². The van der Waals surface area contributed by atoms with E-state index in [1.165, 1.54) is 12.1 Å². The van der Waals surface area contributed by atoms with Crippen LogP contribution in [0, 0.1) is 10.1 Å². The van der Waals surface area contributed by atoms with E-state index in [1.54, 1.807) is 16.9 Å². The van der Waals surface area contributed by atoms with E-state index in [2.05, 4.69) is 5.10 Å². The highest BCUT2D eigenvalue weighted by Crippen LogP contribution is 2.20. The van der Waals surface area contributed by atoms with Crippen LogP contribution in [0.5, 0.6) is 0 Å². The highest BCUT2D eigenvalue weighted by molar-refractivity contribution is 5.80. The van der Waals surface area contributed by atoms with Crippen LogP contribution in [0.25, 0.3) is 10.9 Å². The molecule has 0 bridgehead atoms. The first-order valence-electron chi connectivity index (χ1n) is 5.40. The van der Waals surface area contributed by atoms with Crippen LogP contribution in [0.4, 0.5) is 5.69 Å². The number of hydrogen-bond donors (Lipinski definition) is 1. The second kappa shape index (κ2) is 4.50. The Balaban J connectivity index is 2.43. The third-order valence-electron chi connectivity index (χ3n) is 2.69. The van der Waals surface area contributed by atoms with Gasteiger partial charge in [0.2, 0.25) is 0 Å². The molecule has 1 N–H and O–H groups in total. The number of rotatable bonds is 4. The Bertz CT molecular complexity index is 550. The van der Waals surface area contributed by atoms with Gasteiger partial charge in [-0.1, -0.05) is 6.92 Å². The number of aliphatic hydroxyl groups is 1. The van der Waals surface area contributed by atoms with Crippen molar-refractivity contribution >= 4 is 16.6 Å². The molecule has 90 valence electrons. The first-order valence-corrected chi connectivity index (χ1v) is 5.40. The molecule has 2 rings (SSSR count). The van der Waals surface area contributed by atoms with Gasteiger partial charge in [0.25, 0.3) is 5.69 Å². The average Bonchev–Trinajstić information content (AvgIpc) is 2.71. The fourth-order valence-corrected chi connectivity index (χ4v) is 1.65. The summed E-state index contributed by atoms with van der Waals surface area (Å²) in [5.74, 6) is 0. The van der Waals surface area contributed by atoms with Gasteiger partial charge in [-0.2, -0.15) is 5.10 Å². The largest absolute Gasteiger partial charge is 0.391 e. The van der Waals surface area contributed by atoms with Gasteiger partial charge in [0, 0.05) is 17.5 Å². The Hall–Kier alpha value is -1.95. The molecule has 0 aliphatic heterocycles. The van der Waals surface area contributed by atoms with Crippen LogP contribution in [-0.2, 0) is 6.54 Å². The molecule has 1 aromatic carbocycles. The van der Waals surface area contributed by atoms with E-state index < -0.39 is 11.0 Å². The number of fused-ring (bicyclic) bond motifs is 1. The number of aromatic nitrogens is 2. The minimum Gasteiger partial charge on any atom is -0.391 e. The van der Waals surface area contributed by atoms with Crippen LogP contribution < -0.4 is 0 Å². The smallest absolute Gasteiger partial charge is 0.271 e. The van der Waals surface area contributed by atoms with Crippen LogP contribution >= 0.6 is 0 Å². The number of non-ortho nitro benzene ring substituents is 1. The van der Waals surface area contributed by atoms with Crippen molar-refractivity contribution in [2.24, 2.45) is 0 Å². The molecule has 6 nitrogen and oxygen atoms in total. The van der Waals surface area contributed by atoms with Gasteiger partial charge in [0.1, 0.15) is 0 Å². The van der Waals surface area contributed by atoms with Gasteiger partial charge < -0.3 is 5.11 Å². The number of aliphatic hydroxyl groups excluding tert-OH is 1. The molecule has 0 saturated heterocycles. The fourth-order valence-electron chi connectivity index (χ4n) is 1.65. The molecule has 1 unspecified atom stereocenters. The SMILES string of the molecule is CCC(O)Cn1ncc2ccc([N+](=O)[O-])cc21. The normalized spacial score (nSPS) is 12.8. The lowest BCUT2D eigenvalue weighted by Gasteiger charge is -2.08. The van der Waals surface area contributed by atoms with Crippen molar-refractivity contribution in [1.82, 2.24) is 9.78 Å². The molecule has 0 saturated carbocycles. The Kier molecular flexibility index (Phi) is 3.06. The topological polar surface area (TPSA) is 81.2 Å². The van der Waals surface area contributed by atoms with E-state index >= 15 is 0 Å². The minimum atomic E-state index is -0.489. The van der Waals surface area contributed by atoms with Crippen LogP contribution in [0.1, 0.15) is 13.3 Å². The quantitative estimate of drug-likeness (QED) is 0.646. The van der Waals surface area contributed by atoms with Crippen molar-refractivity contribution < 1.29 is 10.0 Å². The standard InChI is InChI=1S/C11H13N3O3/c1-2-10(15)7-13-11-5-9(14(16)17)4-3-8(11)6-12-13/h3-6,10,15H,2,7H2,1H3. The fraction of sp³-hybridized carbons (Fsp3) is 0.364. The van der Waals surface area contributed by atoms with Gasteiger partial charge in [-0.25, -0.2) is 0 Å². The summed E-state index contributed by atoms with van der Waals surface area (Å²) in [6.45, 7) is 2.22. The maximum atomic E-state index is 10.7. The predicted octanol–water partition coefficient (Wildman–Crippen LogP) is 1.72. The number of nitro groups is 1. The third-order valence-corrected chi connectivity index (χ3v) is 2.69. The minimum absolute atomic E-state index is 0.0326. The number of benzene rings is 1. The van der Waals surface area contributed by atoms with Crippen molar-refractivity contribution in [2.75, 3.05) is 0 Å². The number of nitrogens with zero attached hydrogens (tertiary/aromatic N) is 3. The van der Waals surface area contributed by atoms with E-state index in [0.717, 1.165) is 5.39 Å². The molecule has 1 atom stereocenters. The highest BCUT2D eigenvalue weighted by atomic mass is 16.6. The molecule has 1 heterocycles. The molecule has 0 fully saturated rings. The Morgan fingerprint density at radius 1 is 1.59 bits per heavy atom. The molecule has 17 heavy (non-hydrogen) atoms. The van der Waals surface area contributed by atoms with Crippen LogP contribution in [-0.4, -0.2) is 25.9 Å². The van der Waals surface area contributed by atoms with E-state index in [0.29, 0.717) is 18.5 Å². The Morgan fingerprint density at radius 2 is 2.35 bits per heavy atom. The first kappa shape index (κ1) is 11.5. The second-order valence-corrected chi connectivity index (χ2v) is 3.89. The van der Waals surface area contributed by atoms with Crippen molar-refractivity contribution in [3.63, 3.8) is 0 Å². The Morgan fingerprint density at radius 3 is 3.00 bits per heavy atom. The van der Waals surface area contributed by atoms with Crippen molar-refractivity contribution in [3.8, 4) is 0 Å². The molecule has 0 radical (unpaired) electrons. The third kappa shape index (κ3) is 2.26. The van der Waals surface area contributed by atoms with E-state index in [4.69, 9.17) is 0 Å². The molecule has 0 aliphatic carbocycles. The van der Waals surface area contributed by atoms with Crippen molar-refractivity contribution in [2.45, 2.75) is 26.0 Å². The van der Waals surface area contributed by atoms with Gasteiger partial charge in [-0.05, 0) is 12.5 Å². The molecular weight excluding hydrogens is 222 g/mol. The summed E-state index contributed by atoms with van der Waals surface area (Å²) in [6, 6.07) is 4.59. The predicted molar refractivity (Wildman–Crippen MR) is 62.7 cm³/mol. The lowest BCUT2D eigenvalue weighted by Crippen LogP contribution is -2.15. The lowest BCUT2D eigenvalue weighted by molar-refractivity contribution is -0.384. The highest BCUT2D eigenvalue weighted by Gasteiger charge is 2.11. The van der Waals surface area contributed by atoms with Crippen LogP contribution in [0.2, 0.25) is 0 Å². The zero-order chi connectivity index (χ0) is 12.4. The van der Waals surface area contributed by atoms with Crippen molar-refractivity contribution in [3.05, 3.63) is 34.5 Å². The van der Waals surface area contributed by atoms with Crippen LogP contribution in [0.3, 0.4) is 0 Å². The molecule has 1 aromatic heterocycles. The number of hydrogen-bond acceptors (Lipinski definition) is 4. The van der Waals surface area contributed by atoms with Gasteiger partial charge in [0.15, 0.2) is 0 Å². The van der Waals surface area contributed by atoms with E-state index in [1.807, 2.05) is 6.92 Å². The summed E-state index contributed by atoms with van der Waals surface area (Å²) in [4.78, 5) is 10.2.